The van der Waals surface area contributed by atoms with Gasteiger partial charge in [0.25, 0.3) is 0 Å². The number of carbonyl (C=O) groups excluding carboxylic acids is 1. The lowest BCUT2D eigenvalue weighted by Gasteiger charge is -2.29. The van der Waals surface area contributed by atoms with E-state index in [0.29, 0.717) is 13.2 Å². The SMILES string of the molecule is C[C@H](CN1CCOCC1)NC(=O)N[C@H](C)c1ccc2c(c1)OCCO2. The van der Waals surface area contributed by atoms with E-state index in [4.69, 9.17) is 14.2 Å². The van der Waals surface area contributed by atoms with Gasteiger partial charge in [-0.25, -0.2) is 4.79 Å². The van der Waals surface area contributed by atoms with Crippen molar-refractivity contribution in [1.82, 2.24) is 15.5 Å². The number of hydrogen-bond acceptors (Lipinski definition) is 5. The molecule has 0 radical (unpaired) electrons. The summed E-state index contributed by atoms with van der Waals surface area (Å²) in [6.45, 7) is 9.29. The second-order valence-corrected chi connectivity index (χ2v) is 6.56. The third-order valence-corrected chi connectivity index (χ3v) is 4.43. The molecule has 0 spiro atoms. The van der Waals surface area contributed by atoms with Crippen LogP contribution in [0.1, 0.15) is 25.5 Å². The minimum atomic E-state index is -0.164. The fourth-order valence-corrected chi connectivity index (χ4v) is 3.09. The van der Waals surface area contributed by atoms with Gasteiger partial charge in [-0.2, -0.15) is 0 Å². The van der Waals surface area contributed by atoms with E-state index in [1.807, 2.05) is 32.0 Å². The highest BCUT2D eigenvalue weighted by molar-refractivity contribution is 5.74. The van der Waals surface area contributed by atoms with Gasteiger partial charge in [0.2, 0.25) is 0 Å². The van der Waals surface area contributed by atoms with E-state index in [9.17, 15) is 4.79 Å². The van der Waals surface area contributed by atoms with Crippen LogP contribution in [0, 0.1) is 0 Å². The van der Waals surface area contributed by atoms with E-state index in [-0.39, 0.29) is 18.1 Å². The molecular weight excluding hydrogens is 322 g/mol. The topological polar surface area (TPSA) is 72.1 Å². The minimum Gasteiger partial charge on any atom is -0.486 e. The van der Waals surface area contributed by atoms with Crippen LogP contribution in [0.2, 0.25) is 0 Å². The second-order valence-electron chi connectivity index (χ2n) is 6.56. The van der Waals surface area contributed by atoms with Crippen LogP contribution in [0.25, 0.3) is 0 Å². The number of benzene rings is 1. The standard InChI is InChI=1S/C18H27N3O4/c1-13(12-21-5-7-23-8-6-21)19-18(22)20-14(2)15-3-4-16-17(11-15)25-10-9-24-16/h3-4,11,13-14H,5-10,12H2,1-2H3,(H2,19,20,22)/t13-,14-/m1/s1. The van der Waals surface area contributed by atoms with Crippen LogP contribution in [0.5, 0.6) is 11.5 Å². The molecule has 2 N–H and O–H groups in total. The lowest BCUT2D eigenvalue weighted by molar-refractivity contribution is 0.0349. The molecule has 2 atom stereocenters. The first-order chi connectivity index (χ1) is 12.1. The van der Waals surface area contributed by atoms with E-state index in [2.05, 4.69) is 15.5 Å². The first-order valence-electron chi connectivity index (χ1n) is 8.88. The van der Waals surface area contributed by atoms with Gasteiger partial charge < -0.3 is 24.8 Å². The van der Waals surface area contributed by atoms with Crippen LogP contribution in [0.4, 0.5) is 4.79 Å². The summed E-state index contributed by atoms with van der Waals surface area (Å²) in [5.74, 6) is 1.49. The fourth-order valence-electron chi connectivity index (χ4n) is 3.09. The molecule has 0 saturated carbocycles. The summed E-state index contributed by atoms with van der Waals surface area (Å²) < 4.78 is 16.5. The highest BCUT2D eigenvalue weighted by Crippen LogP contribution is 2.32. The summed E-state index contributed by atoms with van der Waals surface area (Å²) >= 11 is 0. The molecule has 7 heteroatoms. The zero-order chi connectivity index (χ0) is 17.6. The van der Waals surface area contributed by atoms with Crippen LogP contribution in [-0.2, 0) is 4.74 Å². The monoisotopic (exact) mass is 349 g/mol. The second kappa shape index (κ2) is 8.40. The van der Waals surface area contributed by atoms with E-state index in [1.165, 1.54) is 0 Å². The van der Waals surface area contributed by atoms with Gasteiger partial charge in [0.05, 0.1) is 19.3 Å². The molecule has 1 aromatic rings. The molecule has 1 aromatic carbocycles. The van der Waals surface area contributed by atoms with Gasteiger partial charge in [0, 0.05) is 25.7 Å². The molecule has 1 saturated heterocycles. The summed E-state index contributed by atoms with van der Waals surface area (Å²) in [6, 6.07) is 5.56. The minimum absolute atomic E-state index is 0.0746. The van der Waals surface area contributed by atoms with E-state index >= 15 is 0 Å². The fraction of sp³-hybridized carbons (Fsp3) is 0.611. The van der Waals surface area contributed by atoms with Gasteiger partial charge in [-0.15, -0.1) is 0 Å². The number of hydrogen-bond donors (Lipinski definition) is 2. The molecule has 0 bridgehead atoms. The van der Waals surface area contributed by atoms with Crippen molar-refractivity contribution < 1.29 is 19.0 Å². The maximum atomic E-state index is 12.2. The number of carbonyl (C=O) groups is 1. The van der Waals surface area contributed by atoms with Crippen LogP contribution < -0.4 is 20.1 Å². The van der Waals surface area contributed by atoms with Crippen molar-refractivity contribution >= 4 is 6.03 Å². The first kappa shape index (κ1) is 17.8. The Morgan fingerprint density at radius 3 is 2.56 bits per heavy atom. The Labute approximate surface area is 148 Å². The van der Waals surface area contributed by atoms with Gasteiger partial charge in [0.1, 0.15) is 13.2 Å². The first-order valence-corrected chi connectivity index (χ1v) is 8.88. The highest BCUT2D eigenvalue weighted by atomic mass is 16.6. The zero-order valence-electron chi connectivity index (χ0n) is 14.9. The molecule has 1 fully saturated rings. The van der Waals surface area contributed by atoms with Crippen molar-refractivity contribution in [2.45, 2.75) is 25.9 Å². The Morgan fingerprint density at radius 1 is 1.08 bits per heavy atom. The molecule has 2 aliphatic heterocycles. The van der Waals surface area contributed by atoms with Crippen molar-refractivity contribution in [3.05, 3.63) is 23.8 Å². The number of rotatable bonds is 5. The predicted molar refractivity (Wildman–Crippen MR) is 94.2 cm³/mol. The maximum absolute atomic E-state index is 12.2. The van der Waals surface area contributed by atoms with Crippen molar-refractivity contribution in [2.75, 3.05) is 46.1 Å². The van der Waals surface area contributed by atoms with Gasteiger partial charge in [-0.3, -0.25) is 4.90 Å². The molecule has 0 unspecified atom stereocenters. The molecule has 2 amide bonds. The number of morpholine rings is 1. The summed E-state index contributed by atoms with van der Waals surface area (Å²) in [5, 5.41) is 5.98. The largest absolute Gasteiger partial charge is 0.486 e. The molecule has 2 aliphatic rings. The molecule has 0 aromatic heterocycles. The lowest BCUT2D eigenvalue weighted by Crippen LogP contribution is -2.48. The molecule has 25 heavy (non-hydrogen) atoms. The van der Waals surface area contributed by atoms with Crippen LogP contribution in [0.3, 0.4) is 0 Å². The van der Waals surface area contributed by atoms with Crippen molar-refractivity contribution in [3.63, 3.8) is 0 Å². The number of ether oxygens (including phenoxy) is 3. The number of fused-ring (bicyclic) bond motifs is 1. The van der Waals surface area contributed by atoms with Crippen molar-refractivity contribution in [1.29, 1.82) is 0 Å². The third-order valence-electron chi connectivity index (χ3n) is 4.43. The Bertz CT molecular complexity index is 590. The quantitative estimate of drug-likeness (QED) is 0.844. The smallest absolute Gasteiger partial charge is 0.315 e. The third kappa shape index (κ3) is 4.99. The Morgan fingerprint density at radius 2 is 1.80 bits per heavy atom. The number of nitrogens with one attached hydrogen (secondary N) is 2. The normalized spacial score (nSPS) is 19.8. The lowest BCUT2D eigenvalue weighted by atomic mass is 10.1. The molecular formula is C18H27N3O4. The Kier molecular flexibility index (Phi) is 5.99. The van der Waals surface area contributed by atoms with E-state index in [1.54, 1.807) is 0 Å². The van der Waals surface area contributed by atoms with Crippen LogP contribution >= 0.6 is 0 Å². The molecule has 3 rings (SSSR count). The Balaban J connectivity index is 1.48. The summed E-state index contributed by atoms with van der Waals surface area (Å²) in [4.78, 5) is 14.6. The molecule has 2 heterocycles. The molecule has 138 valence electrons. The number of nitrogens with zero attached hydrogens (tertiary/aromatic N) is 1. The van der Waals surface area contributed by atoms with Crippen LogP contribution in [-0.4, -0.2) is 63.0 Å². The van der Waals surface area contributed by atoms with Gasteiger partial charge in [0.15, 0.2) is 11.5 Å². The van der Waals surface area contributed by atoms with Gasteiger partial charge in [-0.1, -0.05) is 6.07 Å². The van der Waals surface area contributed by atoms with Gasteiger partial charge in [-0.05, 0) is 31.5 Å². The number of urea groups is 1. The summed E-state index contributed by atoms with van der Waals surface area (Å²) in [6.07, 6.45) is 0. The van der Waals surface area contributed by atoms with E-state index in [0.717, 1.165) is 49.9 Å². The summed E-state index contributed by atoms with van der Waals surface area (Å²) in [7, 11) is 0. The van der Waals surface area contributed by atoms with Crippen molar-refractivity contribution in [3.8, 4) is 11.5 Å². The molecule has 7 nitrogen and oxygen atoms in total. The van der Waals surface area contributed by atoms with Crippen molar-refractivity contribution in [2.24, 2.45) is 0 Å². The predicted octanol–water partition coefficient (Wildman–Crippen LogP) is 1.54. The maximum Gasteiger partial charge on any atom is 0.315 e. The zero-order valence-corrected chi connectivity index (χ0v) is 14.9. The van der Waals surface area contributed by atoms with Crippen LogP contribution in [0.15, 0.2) is 18.2 Å². The Hall–Kier alpha value is -1.99. The average molecular weight is 349 g/mol. The van der Waals surface area contributed by atoms with Gasteiger partial charge >= 0.3 is 6.03 Å². The van der Waals surface area contributed by atoms with E-state index < -0.39 is 0 Å². The molecule has 0 aliphatic carbocycles. The highest BCUT2D eigenvalue weighted by Gasteiger charge is 2.18. The summed E-state index contributed by atoms with van der Waals surface area (Å²) in [5.41, 5.74) is 0.986. The average Bonchev–Trinajstić information content (AvgIpc) is 2.61. The number of amides is 2.